The molecule has 3 heterocycles. The topological polar surface area (TPSA) is 271 Å². The summed E-state index contributed by atoms with van der Waals surface area (Å²) in [5.74, 6) is -16.8. The number of hydrogen-bond acceptors (Lipinski definition) is 14. The SMILES string of the molecule is Nc1nc2ncc(CNc3ccc(C(=O)N[C@@H](CCC(=O)NCCCCc4cn(CCOCCC(=O)Oc5c(F)c(F)c(F)c(F)c5F)nn4)C(=O)O)cc3)nc2c(=O)[nH]1. The largest absolute Gasteiger partial charge is 0.480 e. The number of unbranched alkanes of at least 4 members (excludes halogenated alkanes) is 1. The van der Waals surface area contributed by atoms with Gasteiger partial charge in [-0.1, -0.05) is 5.21 Å². The van der Waals surface area contributed by atoms with Gasteiger partial charge < -0.3 is 36.3 Å². The Balaban J connectivity index is 0.932. The number of ether oxygens (including phenoxy) is 2. The minimum absolute atomic E-state index is 0.0285. The minimum Gasteiger partial charge on any atom is -0.480 e. The zero-order valence-corrected chi connectivity index (χ0v) is 31.3. The van der Waals surface area contributed by atoms with Crippen LogP contribution in [0.1, 0.15) is 53.8 Å². The van der Waals surface area contributed by atoms with E-state index in [1.807, 2.05) is 0 Å². The molecule has 0 saturated heterocycles. The van der Waals surface area contributed by atoms with E-state index in [9.17, 15) is 51.0 Å². The van der Waals surface area contributed by atoms with Crippen LogP contribution < -0.4 is 32.0 Å². The van der Waals surface area contributed by atoms with Gasteiger partial charge in [-0.25, -0.2) is 32.6 Å². The van der Waals surface area contributed by atoms with Gasteiger partial charge in [0.15, 0.2) is 11.2 Å². The average Bonchev–Trinajstić information content (AvgIpc) is 3.68. The third-order valence-electron chi connectivity index (χ3n) is 8.44. The van der Waals surface area contributed by atoms with E-state index in [-0.39, 0.29) is 61.8 Å². The second kappa shape index (κ2) is 20.5. The molecular weight excluding hydrogens is 809 g/mol. The Morgan fingerprint density at radius 2 is 1.63 bits per heavy atom. The number of nitrogens with zero attached hydrogens (tertiary/aromatic N) is 6. The van der Waals surface area contributed by atoms with E-state index in [1.54, 1.807) is 18.3 Å². The number of aromatic nitrogens is 7. The van der Waals surface area contributed by atoms with Crippen LogP contribution in [0.3, 0.4) is 0 Å². The van der Waals surface area contributed by atoms with Crippen molar-refractivity contribution in [2.45, 2.75) is 57.7 Å². The maximum Gasteiger partial charge on any atom is 0.326 e. The van der Waals surface area contributed by atoms with Crippen LogP contribution in [0, 0.1) is 29.1 Å². The molecule has 318 valence electrons. The zero-order valence-electron chi connectivity index (χ0n) is 31.3. The first-order valence-electron chi connectivity index (χ1n) is 18.0. The van der Waals surface area contributed by atoms with E-state index < -0.39 is 76.6 Å². The lowest BCUT2D eigenvalue weighted by Crippen LogP contribution is -2.41. The Morgan fingerprint density at radius 3 is 2.35 bits per heavy atom. The highest BCUT2D eigenvalue weighted by atomic mass is 19.2. The summed E-state index contributed by atoms with van der Waals surface area (Å²) in [4.78, 5) is 75.5. The fourth-order valence-corrected chi connectivity index (χ4v) is 5.33. The highest BCUT2D eigenvalue weighted by Gasteiger charge is 2.28. The van der Waals surface area contributed by atoms with Gasteiger partial charge in [0.25, 0.3) is 11.5 Å². The maximum absolute atomic E-state index is 13.7. The lowest BCUT2D eigenvalue weighted by molar-refractivity contribution is -0.139. The normalized spacial score (nSPS) is 11.6. The van der Waals surface area contributed by atoms with Gasteiger partial charge in [-0.2, -0.15) is 13.8 Å². The van der Waals surface area contributed by atoms with Crippen LogP contribution in [-0.2, 0) is 38.6 Å². The lowest BCUT2D eigenvalue weighted by atomic mass is 10.1. The molecule has 7 N–H and O–H groups in total. The van der Waals surface area contributed by atoms with Crippen molar-refractivity contribution in [3.63, 3.8) is 0 Å². The van der Waals surface area contributed by atoms with Crippen molar-refractivity contribution in [1.29, 1.82) is 0 Å². The molecule has 2 amide bonds. The van der Waals surface area contributed by atoms with Crippen LogP contribution in [0.4, 0.5) is 33.6 Å². The van der Waals surface area contributed by atoms with Gasteiger partial charge >= 0.3 is 11.9 Å². The molecule has 1 atom stereocenters. The first-order valence-corrected chi connectivity index (χ1v) is 18.0. The molecule has 0 bridgehead atoms. The number of halogens is 5. The molecular formula is C36H36F5N11O8. The summed E-state index contributed by atoms with van der Waals surface area (Å²) in [7, 11) is 0. The van der Waals surface area contributed by atoms with Gasteiger partial charge in [-0.3, -0.25) is 24.2 Å². The Kier molecular flexibility index (Phi) is 15.1. The van der Waals surface area contributed by atoms with Crippen LogP contribution in [0.15, 0.2) is 41.5 Å². The summed E-state index contributed by atoms with van der Waals surface area (Å²) in [6, 6.07) is 4.85. The molecule has 0 aliphatic heterocycles. The van der Waals surface area contributed by atoms with Gasteiger partial charge in [0.05, 0.1) is 50.3 Å². The third-order valence-corrected chi connectivity index (χ3v) is 8.44. The zero-order chi connectivity index (χ0) is 43.3. The Bertz CT molecular complexity index is 2390. The van der Waals surface area contributed by atoms with E-state index in [2.05, 4.69) is 50.9 Å². The van der Waals surface area contributed by atoms with Gasteiger partial charge in [0.2, 0.25) is 46.7 Å². The summed E-state index contributed by atoms with van der Waals surface area (Å²) in [6.07, 6.45) is 3.93. The van der Waals surface area contributed by atoms with Crippen LogP contribution in [0.2, 0.25) is 0 Å². The number of benzene rings is 2. The quantitative estimate of drug-likeness (QED) is 0.0155. The number of hydrogen-bond donors (Lipinski definition) is 6. The number of amides is 2. The lowest BCUT2D eigenvalue weighted by Gasteiger charge is -2.15. The molecule has 24 heteroatoms. The van der Waals surface area contributed by atoms with Crippen LogP contribution >= 0.6 is 0 Å². The van der Waals surface area contributed by atoms with Crippen molar-refractivity contribution in [2.24, 2.45) is 0 Å². The van der Waals surface area contributed by atoms with Crippen LogP contribution in [-0.4, -0.2) is 89.6 Å². The number of rotatable bonds is 21. The molecule has 0 radical (unpaired) electrons. The average molecular weight is 846 g/mol. The van der Waals surface area contributed by atoms with Gasteiger partial charge in [-0.15, -0.1) is 5.10 Å². The summed E-state index contributed by atoms with van der Waals surface area (Å²) in [6.45, 7) is 0.457. The number of aryl methyl sites for hydroxylation is 1. The minimum atomic E-state index is -2.38. The number of carboxylic acid groups (broad SMARTS) is 1. The third kappa shape index (κ3) is 12.0. The first-order chi connectivity index (χ1) is 28.7. The van der Waals surface area contributed by atoms with E-state index >= 15 is 0 Å². The van der Waals surface area contributed by atoms with Crippen molar-refractivity contribution in [1.82, 2.24) is 45.6 Å². The van der Waals surface area contributed by atoms with Crippen molar-refractivity contribution >= 4 is 46.6 Å². The fraction of sp³-hybridized carbons (Fsp3) is 0.333. The molecule has 0 spiro atoms. The maximum atomic E-state index is 13.7. The molecule has 0 fully saturated rings. The number of aliphatic carboxylic acids is 1. The number of fused-ring (bicyclic) bond motifs is 1. The molecule has 60 heavy (non-hydrogen) atoms. The summed E-state index contributed by atoms with van der Waals surface area (Å²) >= 11 is 0. The van der Waals surface area contributed by atoms with Crippen LogP contribution in [0.25, 0.3) is 11.2 Å². The summed E-state index contributed by atoms with van der Waals surface area (Å²) < 4.78 is 78.0. The summed E-state index contributed by atoms with van der Waals surface area (Å²) in [5, 5.41) is 25.8. The molecule has 19 nitrogen and oxygen atoms in total. The van der Waals surface area contributed by atoms with Crippen molar-refractivity contribution in [3.8, 4) is 5.75 Å². The second-order valence-corrected chi connectivity index (χ2v) is 12.8. The Labute approximate surface area is 334 Å². The molecule has 3 aromatic heterocycles. The number of nitrogen functional groups attached to an aromatic ring is 1. The Morgan fingerprint density at radius 1 is 0.917 bits per heavy atom. The number of nitrogens with one attached hydrogen (secondary N) is 4. The highest BCUT2D eigenvalue weighted by molar-refractivity contribution is 5.97. The highest BCUT2D eigenvalue weighted by Crippen LogP contribution is 2.29. The standard InChI is InChI=1S/C36H36F5N11O8/c37-25-26(38)28(40)31(29(41)27(25)39)60-24(54)10-13-59-14-12-52-17-20(50-51-52)3-1-2-11-43-23(53)9-8-22(35(57)58)47-33(55)18-4-6-19(7-5-18)44-15-21-16-45-32-30(46-21)34(56)49-36(42)48-32/h4-7,16-17,22,44H,1-3,8-15H2,(H,43,53)(H,47,55)(H,57,58)(H3,42,45,48,49,56)/t22-/m0/s1. The number of anilines is 2. The fourth-order valence-electron chi connectivity index (χ4n) is 5.33. The monoisotopic (exact) mass is 845 g/mol. The molecule has 0 aliphatic carbocycles. The molecule has 0 unspecified atom stereocenters. The molecule has 0 aliphatic rings. The predicted octanol–water partition coefficient (Wildman–Crippen LogP) is 2.31. The molecule has 5 rings (SSSR count). The van der Waals surface area contributed by atoms with E-state index in [0.717, 1.165) is 0 Å². The predicted molar refractivity (Wildman–Crippen MR) is 198 cm³/mol. The van der Waals surface area contributed by atoms with Crippen LogP contribution in [0.5, 0.6) is 5.75 Å². The number of H-pyrrole nitrogens is 1. The van der Waals surface area contributed by atoms with Gasteiger partial charge in [0, 0.05) is 30.4 Å². The number of carboxylic acids is 1. The Hall–Kier alpha value is -7.11. The van der Waals surface area contributed by atoms with Gasteiger partial charge in [0.1, 0.15) is 6.04 Å². The first kappa shape index (κ1) is 44.0. The number of carbonyl (C=O) groups excluding carboxylic acids is 3. The molecule has 2 aromatic carbocycles. The number of nitrogens with two attached hydrogens (primary N) is 1. The molecule has 0 saturated carbocycles. The number of carbonyl (C=O) groups is 4. The summed E-state index contributed by atoms with van der Waals surface area (Å²) in [5.41, 5.74) is 6.99. The van der Waals surface area contributed by atoms with Crippen molar-refractivity contribution in [3.05, 3.63) is 93.1 Å². The van der Waals surface area contributed by atoms with E-state index in [4.69, 9.17) is 10.5 Å². The number of aromatic amines is 1. The van der Waals surface area contributed by atoms with Gasteiger partial charge in [-0.05, 0) is 49.9 Å². The van der Waals surface area contributed by atoms with Crippen molar-refractivity contribution in [2.75, 3.05) is 30.8 Å². The van der Waals surface area contributed by atoms with Crippen molar-refractivity contribution < 1.29 is 55.7 Å². The number of esters is 1. The molecule has 5 aromatic rings. The van der Waals surface area contributed by atoms with E-state index in [1.165, 1.54) is 23.0 Å². The van der Waals surface area contributed by atoms with E-state index in [0.29, 0.717) is 42.9 Å². The smallest absolute Gasteiger partial charge is 0.326 e. The second-order valence-electron chi connectivity index (χ2n) is 12.8.